The van der Waals surface area contributed by atoms with Gasteiger partial charge in [0.05, 0.1) is 12.3 Å². The van der Waals surface area contributed by atoms with Gasteiger partial charge in [0.15, 0.2) is 5.13 Å². The van der Waals surface area contributed by atoms with Crippen molar-refractivity contribution in [1.82, 2.24) is 9.88 Å². The van der Waals surface area contributed by atoms with Crippen LogP contribution in [0.2, 0.25) is 0 Å². The van der Waals surface area contributed by atoms with Gasteiger partial charge in [-0.2, -0.15) is 0 Å². The van der Waals surface area contributed by atoms with Crippen molar-refractivity contribution in [2.45, 2.75) is 100 Å². The van der Waals surface area contributed by atoms with E-state index in [-0.39, 0.29) is 18.0 Å². The molecule has 0 aliphatic heterocycles. The Kier molecular flexibility index (Phi) is 9.27. The van der Waals surface area contributed by atoms with E-state index in [1.54, 1.807) is 6.20 Å². The van der Waals surface area contributed by atoms with E-state index < -0.39 is 0 Å². The number of carbonyl (C=O) groups excluding carboxylic acids is 2. The van der Waals surface area contributed by atoms with Crippen molar-refractivity contribution in [3.8, 4) is 0 Å². The summed E-state index contributed by atoms with van der Waals surface area (Å²) in [7, 11) is 0. The predicted molar refractivity (Wildman–Crippen MR) is 120 cm³/mol. The van der Waals surface area contributed by atoms with Crippen LogP contribution in [0.15, 0.2) is 10.4 Å². The van der Waals surface area contributed by atoms with Crippen LogP contribution in [0.4, 0.5) is 9.93 Å². The van der Waals surface area contributed by atoms with Crippen LogP contribution in [-0.4, -0.2) is 46.7 Å². The van der Waals surface area contributed by atoms with Crippen molar-refractivity contribution >= 4 is 40.5 Å². The molecule has 0 atom stereocenters. The summed E-state index contributed by atoms with van der Waals surface area (Å²) in [5, 5.41) is 3.54. The lowest BCUT2D eigenvalue weighted by Crippen LogP contribution is -2.51. The van der Waals surface area contributed by atoms with E-state index in [1.807, 2.05) is 0 Å². The molecule has 7 nitrogen and oxygen atoms in total. The van der Waals surface area contributed by atoms with E-state index in [1.165, 1.54) is 37.5 Å². The molecule has 1 heterocycles. The number of carbonyl (C=O) groups is 2. The monoisotopic (exact) mass is 455 g/mol. The van der Waals surface area contributed by atoms with Gasteiger partial charge in [0, 0.05) is 25.6 Å². The van der Waals surface area contributed by atoms with Crippen molar-refractivity contribution in [2.24, 2.45) is 0 Å². The average Bonchev–Trinajstić information content (AvgIpc) is 3.20. The van der Waals surface area contributed by atoms with E-state index in [0.29, 0.717) is 17.3 Å². The molecule has 9 heteroatoms. The molecule has 0 saturated heterocycles. The summed E-state index contributed by atoms with van der Waals surface area (Å²) in [6.45, 7) is 4.32. The van der Waals surface area contributed by atoms with E-state index in [4.69, 9.17) is 8.92 Å². The van der Waals surface area contributed by atoms with Crippen LogP contribution in [0.5, 0.6) is 0 Å². The highest BCUT2D eigenvalue weighted by Gasteiger charge is 2.34. The van der Waals surface area contributed by atoms with Crippen LogP contribution in [0, 0.1) is 0 Å². The SMILES string of the molecule is CCCOC1CCC(N(C(=O)Nc2ncc(SOC(C)=O)s2)C2CCCCC2)CC1. The van der Waals surface area contributed by atoms with Crippen LogP contribution in [0.3, 0.4) is 0 Å². The van der Waals surface area contributed by atoms with Crippen LogP contribution < -0.4 is 5.32 Å². The number of thiazole rings is 1. The van der Waals surface area contributed by atoms with Crippen LogP contribution in [0.25, 0.3) is 0 Å². The van der Waals surface area contributed by atoms with Gasteiger partial charge in [0.1, 0.15) is 16.3 Å². The first-order valence-electron chi connectivity index (χ1n) is 11.1. The summed E-state index contributed by atoms with van der Waals surface area (Å²) in [5.41, 5.74) is 0. The Morgan fingerprint density at radius 2 is 1.87 bits per heavy atom. The van der Waals surface area contributed by atoms with Crippen LogP contribution in [0.1, 0.15) is 78.1 Å². The fraction of sp³-hybridized carbons (Fsp3) is 0.762. The molecular weight excluding hydrogens is 422 g/mol. The first-order chi connectivity index (χ1) is 14.6. The topological polar surface area (TPSA) is 80.8 Å². The van der Waals surface area contributed by atoms with E-state index in [2.05, 4.69) is 22.1 Å². The zero-order chi connectivity index (χ0) is 21.3. The molecule has 0 radical (unpaired) electrons. The van der Waals surface area contributed by atoms with Crippen LogP contribution >= 0.6 is 23.4 Å². The van der Waals surface area contributed by atoms with Crippen molar-refractivity contribution in [2.75, 3.05) is 11.9 Å². The average molecular weight is 456 g/mol. The maximum Gasteiger partial charge on any atom is 0.324 e. The normalized spacial score (nSPS) is 22.5. The zero-order valence-electron chi connectivity index (χ0n) is 17.9. The fourth-order valence-electron chi connectivity index (χ4n) is 4.37. The summed E-state index contributed by atoms with van der Waals surface area (Å²) in [5.74, 6) is -0.360. The molecule has 1 aromatic rings. The summed E-state index contributed by atoms with van der Waals surface area (Å²) < 4.78 is 11.6. The number of anilines is 1. The number of amides is 2. The first kappa shape index (κ1) is 23.3. The lowest BCUT2D eigenvalue weighted by atomic mass is 9.88. The number of hydrogen-bond acceptors (Lipinski definition) is 7. The molecule has 30 heavy (non-hydrogen) atoms. The number of aromatic nitrogens is 1. The Morgan fingerprint density at radius 3 is 2.53 bits per heavy atom. The maximum atomic E-state index is 13.3. The molecule has 0 unspecified atom stereocenters. The quantitative estimate of drug-likeness (QED) is 0.513. The third kappa shape index (κ3) is 6.85. The maximum absolute atomic E-state index is 13.3. The van der Waals surface area contributed by atoms with E-state index >= 15 is 0 Å². The predicted octanol–water partition coefficient (Wildman–Crippen LogP) is 5.62. The molecule has 1 aromatic heterocycles. The molecule has 0 spiro atoms. The number of urea groups is 1. The smallest absolute Gasteiger partial charge is 0.324 e. The van der Waals surface area contributed by atoms with Crippen molar-refractivity contribution in [3.63, 3.8) is 0 Å². The summed E-state index contributed by atoms with van der Waals surface area (Å²) in [6.07, 6.45) is 12.8. The molecule has 2 aliphatic carbocycles. The van der Waals surface area contributed by atoms with E-state index in [9.17, 15) is 9.59 Å². The lowest BCUT2D eigenvalue weighted by Gasteiger charge is -2.42. The highest BCUT2D eigenvalue weighted by atomic mass is 32.2. The lowest BCUT2D eigenvalue weighted by molar-refractivity contribution is -0.130. The summed E-state index contributed by atoms with van der Waals surface area (Å²) >= 11 is 2.29. The highest BCUT2D eigenvalue weighted by Crippen LogP contribution is 2.33. The molecule has 0 aromatic carbocycles. The molecule has 3 rings (SSSR count). The van der Waals surface area contributed by atoms with E-state index in [0.717, 1.165) is 67.8 Å². The molecule has 168 valence electrons. The van der Waals surface area contributed by atoms with Gasteiger partial charge in [-0.3, -0.25) is 10.1 Å². The van der Waals surface area contributed by atoms with Gasteiger partial charge >= 0.3 is 12.0 Å². The Hall–Kier alpha value is -1.32. The summed E-state index contributed by atoms with van der Waals surface area (Å²) in [4.78, 5) is 30.7. The van der Waals surface area contributed by atoms with Gasteiger partial charge in [-0.15, -0.1) is 0 Å². The Bertz CT molecular complexity index is 686. The number of nitrogens with zero attached hydrogens (tertiary/aromatic N) is 2. The molecule has 0 bridgehead atoms. The minimum atomic E-state index is -0.360. The van der Waals surface area contributed by atoms with Gasteiger partial charge < -0.3 is 13.8 Å². The second-order valence-electron chi connectivity index (χ2n) is 8.07. The zero-order valence-corrected chi connectivity index (χ0v) is 19.6. The molecule has 2 fully saturated rings. The molecule has 2 amide bonds. The van der Waals surface area contributed by atoms with Crippen molar-refractivity contribution in [1.29, 1.82) is 0 Å². The molecule has 2 saturated carbocycles. The number of ether oxygens (including phenoxy) is 1. The van der Waals surface area contributed by atoms with Gasteiger partial charge in [-0.1, -0.05) is 37.5 Å². The van der Waals surface area contributed by atoms with Crippen LogP contribution in [-0.2, 0) is 13.7 Å². The minimum Gasteiger partial charge on any atom is -0.385 e. The largest absolute Gasteiger partial charge is 0.385 e. The molecule has 1 N–H and O–H groups in total. The second-order valence-corrected chi connectivity index (χ2v) is 10.1. The fourth-order valence-corrected chi connectivity index (χ4v) is 5.68. The first-order valence-corrected chi connectivity index (χ1v) is 12.6. The third-order valence-corrected chi connectivity index (χ3v) is 7.49. The Balaban J connectivity index is 1.62. The third-order valence-electron chi connectivity index (χ3n) is 5.74. The summed E-state index contributed by atoms with van der Waals surface area (Å²) in [6, 6.07) is 0.495. The van der Waals surface area contributed by atoms with Gasteiger partial charge in [-0.25, -0.2) is 9.78 Å². The second kappa shape index (κ2) is 11.9. The van der Waals surface area contributed by atoms with Crippen molar-refractivity contribution in [3.05, 3.63) is 6.20 Å². The standard InChI is InChI=1S/C21H33N3O4S2/c1-3-13-27-18-11-9-17(10-12-18)24(16-7-5-4-6-8-16)21(26)23-20-22-14-19(29-20)30-28-15(2)25/h14,16-18H,3-13H2,1-2H3,(H,22,23,26). The van der Waals surface area contributed by atoms with Gasteiger partial charge in [0.2, 0.25) is 0 Å². The number of hydrogen-bond donors (Lipinski definition) is 1. The van der Waals surface area contributed by atoms with Gasteiger partial charge in [-0.05, 0) is 44.9 Å². The van der Waals surface area contributed by atoms with Gasteiger partial charge in [0.25, 0.3) is 0 Å². The van der Waals surface area contributed by atoms with Crippen molar-refractivity contribution < 1.29 is 18.5 Å². The number of rotatable bonds is 8. The minimum absolute atomic E-state index is 0.0572. The Morgan fingerprint density at radius 1 is 1.17 bits per heavy atom. The molecular formula is C21H33N3O4S2. The highest BCUT2D eigenvalue weighted by molar-refractivity contribution is 7.97. The number of nitrogens with one attached hydrogen (secondary N) is 1. The Labute approximate surface area is 187 Å². The molecule has 2 aliphatic rings.